The van der Waals surface area contributed by atoms with Crippen LogP contribution in [0, 0.1) is 0 Å². The second kappa shape index (κ2) is 11.9. The van der Waals surface area contributed by atoms with Crippen molar-refractivity contribution in [1.29, 1.82) is 0 Å². The second-order valence-corrected chi connectivity index (χ2v) is 8.31. The Kier molecular flexibility index (Phi) is 8.74. The number of rotatable bonds is 11. The zero-order chi connectivity index (χ0) is 24.5. The van der Waals surface area contributed by atoms with Crippen molar-refractivity contribution in [2.75, 3.05) is 6.54 Å². The maximum Gasteiger partial charge on any atom is 0.326 e. The molecule has 0 aliphatic carbocycles. The molecule has 0 spiro atoms. The Labute approximate surface area is 197 Å². The van der Waals surface area contributed by atoms with E-state index in [2.05, 4.69) is 31.2 Å². The summed E-state index contributed by atoms with van der Waals surface area (Å²) in [6.45, 7) is 2.29. The Morgan fingerprint density at radius 2 is 1.79 bits per heavy atom. The molecule has 4 unspecified atom stereocenters. The van der Waals surface area contributed by atoms with Crippen LogP contribution in [-0.2, 0) is 32.0 Å². The number of hydrogen-bond acceptors (Lipinski definition) is 6. The number of carbonyl (C=O) groups excluding carboxylic acids is 3. The minimum Gasteiger partial charge on any atom is -0.480 e. The van der Waals surface area contributed by atoms with Crippen molar-refractivity contribution in [3.8, 4) is 0 Å². The highest BCUT2D eigenvalue weighted by atomic mass is 16.4. The number of hydrogen-bond donors (Lipinski definition) is 6. The third-order valence-electron chi connectivity index (χ3n) is 5.64. The van der Waals surface area contributed by atoms with Gasteiger partial charge < -0.3 is 31.4 Å². The van der Waals surface area contributed by atoms with Crippen molar-refractivity contribution < 1.29 is 24.3 Å². The van der Waals surface area contributed by atoms with Gasteiger partial charge in [-0.2, -0.15) is 0 Å². The zero-order valence-electron chi connectivity index (χ0n) is 18.9. The van der Waals surface area contributed by atoms with Crippen molar-refractivity contribution in [3.63, 3.8) is 0 Å². The summed E-state index contributed by atoms with van der Waals surface area (Å²) in [7, 11) is 0. The predicted octanol–water partition coefficient (Wildman–Crippen LogP) is -0.494. The Morgan fingerprint density at radius 1 is 1.06 bits per heavy atom. The number of nitrogens with one attached hydrogen (secondary N) is 5. The zero-order valence-corrected chi connectivity index (χ0v) is 18.9. The topological polar surface area (TPSA) is 165 Å². The SMILES string of the molecule is CC(NC(=O)C1CCCN1)C(=O)NC(Cc1ccccc1)C(=O)NC(Cc1cnc[nH]1)C(=O)O. The van der Waals surface area contributed by atoms with E-state index >= 15 is 0 Å². The molecule has 1 aromatic heterocycles. The highest BCUT2D eigenvalue weighted by molar-refractivity contribution is 5.94. The highest BCUT2D eigenvalue weighted by Crippen LogP contribution is 2.07. The summed E-state index contributed by atoms with van der Waals surface area (Å²) < 4.78 is 0. The van der Waals surface area contributed by atoms with Crippen LogP contribution in [0.15, 0.2) is 42.9 Å². The van der Waals surface area contributed by atoms with Gasteiger partial charge in [-0.05, 0) is 31.9 Å². The molecule has 2 heterocycles. The third-order valence-corrected chi connectivity index (χ3v) is 5.64. The molecule has 34 heavy (non-hydrogen) atoms. The Bertz CT molecular complexity index is 975. The molecule has 3 amide bonds. The average Bonchev–Trinajstić information content (AvgIpc) is 3.53. The summed E-state index contributed by atoms with van der Waals surface area (Å²) in [4.78, 5) is 56.6. The van der Waals surface area contributed by atoms with E-state index in [0.29, 0.717) is 12.1 Å². The summed E-state index contributed by atoms with van der Waals surface area (Å²) in [6.07, 6.45) is 4.65. The summed E-state index contributed by atoms with van der Waals surface area (Å²) in [5.41, 5.74) is 1.34. The quantitative estimate of drug-likeness (QED) is 0.258. The van der Waals surface area contributed by atoms with Gasteiger partial charge in [0.25, 0.3) is 0 Å². The molecule has 0 saturated carbocycles. The lowest BCUT2D eigenvalue weighted by Gasteiger charge is -2.24. The number of imidazole rings is 1. The van der Waals surface area contributed by atoms with E-state index in [0.717, 1.165) is 18.5 Å². The molecule has 11 heteroatoms. The van der Waals surface area contributed by atoms with Gasteiger partial charge >= 0.3 is 5.97 Å². The number of benzene rings is 1. The van der Waals surface area contributed by atoms with Gasteiger partial charge in [0.15, 0.2) is 0 Å². The molecule has 2 aromatic rings. The molecule has 4 atom stereocenters. The lowest BCUT2D eigenvalue weighted by Crippen LogP contribution is -2.57. The van der Waals surface area contributed by atoms with Crippen LogP contribution in [0.5, 0.6) is 0 Å². The molecule has 1 saturated heterocycles. The fourth-order valence-electron chi connectivity index (χ4n) is 3.73. The van der Waals surface area contributed by atoms with Gasteiger partial charge in [0.1, 0.15) is 18.1 Å². The monoisotopic (exact) mass is 470 g/mol. The van der Waals surface area contributed by atoms with E-state index in [-0.39, 0.29) is 24.8 Å². The number of H-pyrrole nitrogens is 1. The van der Waals surface area contributed by atoms with Gasteiger partial charge in [-0.25, -0.2) is 9.78 Å². The normalized spacial score (nSPS) is 17.9. The van der Waals surface area contributed by atoms with E-state index in [9.17, 15) is 24.3 Å². The largest absolute Gasteiger partial charge is 0.480 e. The van der Waals surface area contributed by atoms with Crippen LogP contribution in [0.4, 0.5) is 0 Å². The van der Waals surface area contributed by atoms with Crippen molar-refractivity contribution in [3.05, 3.63) is 54.1 Å². The fraction of sp³-hybridized carbons (Fsp3) is 0.435. The lowest BCUT2D eigenvalue weighted by molar-refractivity contribution is -0.142. The van der Waals surface area contributed by atoms with Crippen LogP contribution in [0.25, 0.3) is 0 Å². The number of carboxylic acid groups (broad SMARTS) is 1. The summed E-state index contributed by atoms with van der Waals surface area (Å²) in [6, 6.07) is 5.60. The van der Waals surface area contributed by atoms with E-state index in [1.807, 2.05) is 30.3 Å². The van der Waals surface area contributed by atoms with Crippen molar-refractivity contribution in [2.45, 2.75) is 56.8 Å². The molecule has 1 aliphatic heterocycles. The number of carbonyl (C=O) groups is 4. The standard InChI is InChI=1S/C23H30N6O5/c1-14(27-21(31)17-8-5-9-25-17)20(30)28-18(10-15-6-3-2-4-7-15)22(32)29-19(23(33)34)11-16-12-24-13-26-16/h2-4,6-7,12-14,17-19,25H,5,8-11H2,1H3,(H,24,26)(H,27,31)(H,28,30)(H,29,32)(H,33,34). The predicted molar refractivity (Wildman–Crippen MR) is 123 cm³/mol. The first-order valence-corrected chi connectivity index (χ1v) is 11.2. The smallest absolute Gasteiger partial charge is 0.326 e. The lowest BCUT2D eigenvalue weighted by atomic mass is 10.0. The fourth-order valence-corrected chi connectivity index (χ4v) is 3.73. The van der Waals surface area contributed by atoms with E-state index < -0.39 is 35.9 Å². The minimum atomic E-state index is -1.21. The van der Waals surface area contributed by atoms with Crippen LogP contribution in [0.2, 0.25) is 0 Å². The van der Waals surface area contributed by atoms with Gasteiger partial charge in [-0.15, -0.1) is 0 Å². The summed E-state index contributed by atoms with van der Waals surface area (Å²) >= 11 is 0. The van der Waals surface area contributed by atoms with Gasteiger partial charge in [0.05, 0.1) is 12.4 Å². The van der Waals surface area contributed by atoms with E-state index in [1.165, 1.54) is 19.4 Å². The first-order chi connectivity index (χ1) is 16.3. The minimum absolute atomic E-state index is 0.00786. The van der Waals surface area contributed by atoms with Crippen LogP contribution in [0.1, 0.15) is 31.0 Å². The Hall–Kier alpha value is -3.73. The molecule has 182 valence electrons. The summed E-state index contributed by atoms with van der Waals surface area (Å²) in [5.74, 6) is -2.66. The molecule has 0 bridgehead atoms. The molecule has 1 aromatic carbocycles. The number of amides is 3. The third kappa shape index (κ3) is 7.14. The van der Waals surface area contributed by atoms with Crippen LogP contribution >= 0.6 is 0 Å². The highest BCUT2D eigenvalue weighted by Gasteiger charge is 2.30. The second-order valence-electron chi connectivity index (χ2n) is 8.31. The molecule has 11 nitrogen and oxygen atoms in total. The molecule has 3 rings (SSSR count). The van der Waals surface area contributed by atoms with E-state index in [4.69, 9.17) is 0 Å². The van der Waals surface area contributed by atoms with Crippen LogP contribution in [0.3, 0.4) is 0 Å². The number of nitrogens with zero attached hydrogens (tertiary/aromatic N) is 1. The molecular weight excluding hydrogens is 440 g/mol. The van der Waals surface area contributed by atoms with Crippen molar-refractivity contribution >= 4 is 23.7 Å². The average molecular weight is 471 g/mol. The number of carboxylic acids is 1. The number of aliphatic carboxylic acids is 1. The first kappa shape index (κ1) is 24.9. The molecule has 6 N–H and O–H groups in total. The Morgan fingerprint density at radius 3 is 2.41 bits per heavy atom. The molecule has 1 fully saturated rings. The molecular formula is C23H30N6O5. The van der Waals surface area contributed by atoms with Gasteiger partial charge in [0.2, 0.25) is 17.7 Å². The first-order valence-electron chi connectivity index (χ1n) is 11.2. The molecule has 1 aliphatic rings. The van der Waals surface area contributed by atoms with Crippen LogP contribution in [-0.4, -0.2) is 69.5 Å². The molecule has 0 radical (unpaired) electrons. The van der Waals surface area contributed by atoms with Gasteiger partial charge in [0, 0.05) is 24.7 Å². The van der Waals surface area contributed by atoms with E-state index in [1.54, 1.807) is 0 Å². The van der Waals surface area contributed by atoms with Crippen molar-refractivity contribution in [1.82, 2.24) is 31.2 Å². The maximum atomic E-state index is 13.1. The van der Waals surface area contributed by atoms with Gasteiger partial charge in [-0.3, -0.25) is 14.4 Å². The number of aromatic amines is 1. The van der Waals surface area contributed by atoms with Crippen LogP contribution < -0.4 is 21.3 Å². The number of aromatic nitrogens is 2. The summed E-state index contributed by atoms with van der Waals surface area (Å²) in [5, 5.41) is 20.5. The Balaban J connectivity index is 1.67. The maximum absolute atomic E-state index is 13.1. The van der Waals surface area contributed by atoms with Gasteiger partial charge in [-0.1, -0.05) is 30.3 Å². The van der Waals surface area contributed by atoms with Crippen molar-refractivity contribution in [2.24, 2.45) is 0 Å².